The van der Waals surface area contributed by atoms with Crippen LogP contribution in [0.2, 0.25) is 0 Å². The van der Waals surface area contributed by atoms with E-state index >= 15 is 0 Å². The average Bonchev–Trinajstić information content (AvgIpc) is 2.50. The Morgan fingerprint density at radius 1 is 1.00 bits per heavy atom. The van der Waals surface area contributed by atoms with Crippen molar-refractivity contribution in [1.29, 1.82) is 0 Å². The zero-order chi connectivity index (χ0) is 16.8. The summed E-state index contributed by atoms with van der Waals surface area (Å²) < 4.78 is 0. The first kappa shape index (κ1) is 16.7. The van der Waals surface area contributed by atoms with Gasteiger partial charge in [0.1, 0.15) is 6.54 Å². The van der Waals surface area contributed by atoms with Crippen molar-refractivity contribution >= 4 is 17.5 Å². The second-order valence-corrected chi connectivity index (χ2v) is 5.71. The Morgan fingerprint density at radius 2 is 1.65 bits per heavy atom. The van der Waals surface area contributed by atoms with Crippen LogP contribution in [0.25, 0.3) is 0 Å². The highest BCUT2D eigenvalue weighted by Crippen LogP contribution is 2.15. The van der Waals surface area contributed by atoms with Crippen molar-refractivity contribution in [1.82, 2.24) is 5.32 Å². The molecule has 0 heterocycles. The van der Waals surface area contributed by atoms with Gasteiger partial charge in [-0.3, -0.25) is 9.59 Å². The molecule has 0 aromatic heterocycles. The predicted molar refractivity (Wildman–Crippen MR) is 92.2 cm³/mol. The number of amides is 2. The van der Waals surface area contributed by atoms with Crippen molar-refractivity contribution in [3.8, 4) is 0 Å². The third-order valence-electron chi connectivity index (χ3n) is 3.57. The maximum Gasteiger partial charge on any atom is 0.240 e. The zero-order valence-electron chi connectivity index (χ0n) is 13.8. The molecule has 2 rings (SSSR count). The molecule has 2 amide bonds. The van der Waals surface area contributed by atoms with E-state index in [1.165, 1.54) is 11.8 Å². The van der Waals surface area contributed by atoms with Gasteiger partial charge in [-0.1, -0.05) is 42.0 Å². The summed E-state index contributed by atoms with van der Waals surface area (Å²) in [5.74, 6) is -0.329. The summed E-state index contributed by atoms with van der Waals surface area (Å²) in [6.45, 7) is 5.92. The van der Waals surface area contributed by atoms with Gasteiger partial charge in [0, 0.05) is 19.2 Å². The van der Waals surface area contributed by atoms with Crippen molar-refractivity contribution in [3.05, 3.63) is 65.2 Å². The van der Waals surface area contributed by atoms with Crippen molar-refractivity contribution in [2.75, 3.05) is 11.4 Å². The predicted octanol–water partition coefficient (Wildman–Crippen LogP) is 2.97. The summed E-state index contributed by atoms with van der Waals surface area (Å²) in [4.78, 5) is 25.5. The molecule has 0 aliphatic heterocycles. The van der Waals surface area contributed by atoms with E-state index in [0.29, 0.717) is 6.54 Å². The van der Waals surface area contributed by atoms with E-state index in [1.54, 1.807) is 0 Å². The van der Waals surface area contributed by atoms with Crippen LogP contribution in [0.1, 0.15) is 23.6 Å². The summed E-state index contributed by atoms with van der Waals surface area (Å²) in [5, 5.41) is 2.86. The van der Waals surface area contributed by atoms with Gasteiger partial charge in [0.2, 0.25) is 11.8 Å². The Kier molecular flexibility index (Phi) is 5.52. The highest BCUT2D eigenvalue weighted by molar-refractivity contribution is 5.97. The zero-order valence-corrected chi connectivity index (χ0v) is 13.8. The summed E-state index contributed by atoms with van der Waals surface area (Å²) in [7, 11) is 0. The van der Waals surface area contributed by atoms with Crippen molar-refractivity contribution in [2.45, 2.75) is 27.3 Å². The van der Waals surface area contributed by atoms with Gasteiger partial charge in [-0.05, 0) is 37.1 Å². The van der Waals surface area contributed by atoms with Gasteiger partial charge in [0.25, 0.3) is 0 Å². The van der Waals surface area contributed by atoms with Crippen LogP contribution in [0.3, 0.4) is 0 Å². The molecular weight excluding hydrogens is 288 g/mol. The summed E-state index contributed by atoms with van der Waals surface area (Å²) in [6, 6.07) is 15.6. The molecule has 2 aromatic carbocycles. The molecule has 1 N–H and O–H groups in total. The SMILES string of the molecule is CC(=O)N(CC(=O)NCc1cccc(C)c1)c1cccc(C)c1. The number of nitrogens with zero attached hydrogens (tertiary/aromatic N) is 1. The molecule has 0 aliphatic carbocycles. The summed E-state index contributed by atoms with van der Waals surface area (Å²) in [6.07, 6.45) is 0. The van der Waals surface area contributed by atoms with E-state index in [2.05, 4.69) is 5.32 Å². The molecule has 0 bridgehead atoms. The van der Waals surface area contributed by atoms with Crippen LogP contribution >= 0.6 is 0 Å². The molecular formula is C19H22N2O2. The van der Waals surface area contributed by atoms with Gasteiger partial charge >= 0.3 is 0 Å². The molecule has 0 radical (unpaired) electrons. The lowest BCUT2D eigenvalue weighted by molar-refractivity contribution is -0.123. The lowest BCUT2D eigenvalue weighted by atomic mass is 10.1. The normalized spacial score (nSPS) is 10.2. The van der Waals surface area contributed by atoms with Gasteiger partial charge in [-0.2, -0.15) is 0 Å². The lowest BCUT2D eigenvalue weighted by Gasteiger charge is -2.21. The molecule has 0 atom stereocenters. The fraction of sp³-hybridized carbons (Fsp3) is 0.263. The minimum atomic E-state index is -0.178. The maximum atomic E-state index is 12.2. The first-order chi connectivity index (χ1) is 11.0. The highest BCUT2D eigenvalue weighted by Gasteiger charge is 2.15. The molecule has 0 saturated carbocycles. The number of benzene rings is 2. The molecule has 2 aromatic rings. The Labute approximate surface area is 137 Å². The lowest BCUT2D eigenvalue weighted by Crippen LogP contribution is -2.39. The van der Waals surface area contributed by atoms with Crippen LogP contribution in [-0.2, 0) is 16.1 Å². The van der Waals surface area contributed by atoms with E-state index in [4.69, 9.17) is 0 Å². The number of carbonyl (C=O) groups excluding carboxylic acids is 2. The van der Waals surface area contributed by atoms with E-state index in [-0.39, 0.29) is 18.4 Å². The van der Waals surface area contributed by atoms with E-state index < -0.39 is 0 Å². The minimum Gasteiger partial charge on any atom is -0.350 e. The van der Waals surface area contributed by atoms with Crippen LogP contribution in [0.4, 0.5) is 5.69 Å². The highest BCUT2D eigenvalue weighted by atomic mass is 16.2. The maximum absolute atomic E-state index is 12.2. The van der Waals surface area contributed by atoms with Gasteiger partial charge in [0.15, 0.2) is 0 Å². The number of aryl methyl sites for hydroxylation is 2. The number of hydrogen-bond acceptors (Lipinski definition) is 2. The molecule has 120 valence electrons. The smallest absolute Gasteiger partial charge is 0.240 e. The fourth-order valence-electron chi connectivity index (χ4n) is 2.40. The number of nitrogens with one attached hydrogen (secondary N) is 1. The monoisotopic (exact) mass is 310 g/mol. The first-order valence-electron chi connectivity index (χ1n) is 7.63. The first-order valence-corrected chi connectivity index (χ1v) is 7.63. The van der Waals surface area contributed by atoms with Crippen LogP contribution in [0, 0.1) is 13.8 Å². The third-order valence-corrected chi connectivity index (χ3v) is 3.57. The second kappa shape index (κ2) is 7.58. The summed E-state index contributed by atoms with van der Waals surface area (Å²) >= 11 is 0. The van der Waals surface area contributed by atoms with Crippen molar-refractivity contribution < 1.29 is 9.59 Å². The van der Waals surface area contributed by atoms with Crippen molar-refractivity contribution in [2.24, 2.45) is 0 Å². The van der Waals surface area contributed by atoms with Gasteiger partial charge in [-0.15, -0.1) is 0 Å². The van der Waals surface area contributed by atoms with E-state index in [9.17, 15) is 9.59 Å². The van der Waals surface area contributed by atoms with Crippen LogP contribution < -0.4 is 10.2 Å². The molecule has 0 spiro atoms. The number of rotatable bonds is 5. The van der Waals surface area contributed by atoms with E-state index in [1.807, 2.05) is 62.4 Å². The quantitative estimate of drug-likeness (QED) is 0.923. The number of hydrogen-bond donors (Lipinski definition) is 1. The fourth-order valence-corrected chi connectivity index (χ4v) is 2.40. The Balaban J connectivity index is 2.00. The number of carbonyl (C=O) groups is 2. The Morgan fingerprint density at radius 3 is 2.26 bits per heavy atom. The van der Waals surface area contributed by atoms with Crippen molar-refractivity contribution in [3.63, 3.8) is 0 Å². The van der Waals surface area contributed by atoms with E-state index in [0.717, 1.165) is 22.4 Å². The average molecular weight is 310 g/mol. The van der Waals surface area contributed by atoms with Crippen LogP contribution in [0.5, 0.6) is 0 Å². The third kappa shape index (κ3) is 4.95. The molecule has 4 nitrogen and oxygen atoms in total. The molecule has 0 unspecified atom stereocenters. The summed E-state index contributed by atoms with van der Waals surface area (Å²) in [5.41, 5.74) is 3.99. The van der Waals surface area contributed by atoms with Crippen LogP contribution in [-0.4, -0.2) is 18.4 Å². The molecule has 0 fully saturated rings. The van der Waals surface area contributed by atoms with Gasteiger partial charge in [-0.25, -0.2) is 0 Å². The second-order valence-electron chi connectivity index (χ2n) is 5.71. The standard InChI is InChI=1S/C19H22N2O2/c1-14-6-4-8-17(10-14)12-20-19(23)13-21(16(3)22)18-9-5-7-15(2)11-18/h4-11H,12-13H2,1-3H3,(H,20,23). The molecule has 23 heavy (non-hydrogen) atoms. The van der Waals surface area contributed by atoms with Gasteiger partial charge < -0.3 is 10.2 Å². The van der Waals surface area contributed by atoms with Gasteiger partial charge in [0.05, 0.1) is 0 Å². The minimum absolute atomic E-state index is 0.0185. The topological polar surface area (TPSA) is 49.4 Å². The Hall–Kier alpha value is -2.62. The molecule has 0 saturated heterocycles. The van der Waals surface area contributed by atoms with Crippen LogP contribution in [0.15, 0.2) is 48.5 Å². The largest absolute Gasteiger partial charge is 0.350 e. The number of anilines is 1. The molecule has 0 aliphatic rings. The Bertz CT molecular complexity index is 710. The molecule has 4 heteroatoms.